The van der Waals surface area contributed by atoms with Gasteiger partial charge in [-0.1, -0.05) is 30.0 Å². The number of rotatable bonds is 5. The highest BCUT2D eigenvalue weighted by molar-refractivity contribution is 9.10. The van der Waals surface area contributed by atoms with Crippen LogP contribution in [0.5, 0.6) is 0 Å². The Morgan fingerprint density at radius 1 is 1.08 bits per heavy atom. The summed E-state index contributed by atoms with van der Waals surface area (Å²) in [7, 11) is 0. The van der Waals surface area contributed by atoms with Crippen LogP contribution >= 0.6 is 27.7 Å². The number of benzene rings is 1. The fourth-order valence-corrected chi connectivity index (χ4v) is 2.98. The second kappa shape index (κ2) is 7.37. The van der Waals surface area contributed by atoms with Crippen molar-refractivity contribution in [2.24, 2.45) is 0 Å². The molecular weight excluding hydrogens is 394 g/mol. The van der Waals surface area contributed by atoms with Crippen LogP contribution in [0.15, 0.2) is 69.4 Å². The van der Waals surface area contributed by atoms with Crippen molar-refractivity contribution in [3.05, 3.63) is 69.6 Å². The third kappa shape index (κ3) is 3.87. The maximum Gasteiger partial charge on any atom is 0.343 e. The van der Waals surface area contributed by atoms with Crippen LogP contribution in [-0.2, 0) is 0 Å². The first-order valence-corrected chi connectivity index (χ1v) is 8.35. The van der Waals surface area contributed by atoms with E-state index in [0.717, 1.165) is 9.37 Å². The van der Waals surface area contributed by atoms with Crippen LogP contribution in [0, 0.1) is 10.1 Å². The maximum absolute atomic E-state index is 11.5. The summed E-state index contributed by atoms with van der Waals surface area (Å²) in [4.78, 5) is 24.1. The molecule has 1 aromatic carbocycles. The molecule has 0 aliphatic carbocycles. The van der Waals surface area contributed by atoms with Gasteiger partial charge >= 0.3 is 5.69 Å². The van der Waals surface area contributed by atoms with Gasteiger partial charge in [0.05, 0.1) is 4.92 Å². The molecule has 1 N–H and O–H groups in total. The zero-order valence-electron chi connectivity index (χ0n) is 12.1. The SMILES string of the molecule is O=[N+]([O-])c1c(Nc2ccc(Br)cn2)ncnc1Sc1ccccc1. The minimum Gasteiger partial charge on any atom is -0.319 e. The Bertz CT molecular complexity index is 861. The highest BCUT2D eigenvalue weighted by Crippen LogP contribution is 2.37. The second-order valence-electron chi connectivity index (χ2n) is 4.53. The molecule has 0 aliphatic heterocycles. The minimum absolute atomic E-state index is 0.100. The number of aromatic nitrogens is 3. The summed E-state index contributed by atoms with van der Waals surface area (Å²) >= 11 is 4.50. The van der Waals surface area contributed by atoms with Crippen LogP contribution in [-0.4, -0.2) is 19.9 Å². The lowest BCUT2D eigenvalue weighted by Crippen LogP contribution is -2.03. The summed E-state index contributed by atoms with van der Waals surface area (Å²) in [5, 5.41) is 14.7. The first-order valence-electron chi connectivity index (χ1n) is 6.74. The molecular formula is C15H10BrN5O2S. The van der Waals surface area contributed by atoms with Gasteiger partial charge < -0.3 is 5.32 Å². The number of pyridine rings is 1. The Labute approximate surface area is 149 Å². The largest absolute Gasteiger partial charge is 0.343 e. The summed E-state index contributed by atoms with van der Waals surface area (Å²) in [6, 6.07) is 12.8. The van der Waals surface area contributed by atoms with Crippen molar-refractivity contribution in [1.29, 1.82) is 0 Å². The Morgan fingerprint density at radius 2 is 1.88 bits per heavy atom. The molecule has 0 radical (unpaired) electrons. The number of nitrogens with one attached hydrogen (secondary N) is 1. The van der Waals surface area contributed by atoms with E-state index in [-0.39, 0.29) is 16.5 Å². The van der Waals surface area contributed by atoms with Crippen LogP contribution < -0.4 is 5.32 Å². The zero-order chi connectivity index (χ0) is 16.9. The molecule has 2 aromatic heterocycles. The third-order valence-corrected chi connectivity index (χ3v) is 4.37. The van der Waals surface area contributed by atoms with Gasteiger partial charge in [-0.05, 0) is 40.2 Å². The number of nitrogens with zero attached hydrogens (tertiary/aromatic N) is 4. The Kier molecular flexibility index (Phi) is 5.02. The molecule has 0 bridgehead atoms. The summed E-state index contributed by atoms with van der Waals surface area (Å²) in [5.74, 6) is 0.555. The van der Waals surface area contributed by atoms with E-state index in [4.69, 9.17) is 0 Å². The van der Waals surface area contributed by atoms with Gasteiger partial charge in [0.15, 0.2) is 5.03 Å². The Balaban J connectivity index is 1.96. The van der Waals surface area contributed by atoms with E-state index in [9.17, 15) is 10.1 Å². The molecule has 0 unspecified atom stereocenters. The molecule has 7 nitrogen and oxygen atoms in total. The van der Waals surface area contributed by atoms with Crippen molar-refractivity contribution in [2.75, 3.05) is 5.32 Å². The maximum atomic E-state index is 11.5. The van der Waals surface area contributed by atoms with Gasteiger partial charge in [0, 0.05) is 15.6 Å². The first-order chi connectivity index (χ1) is 11.6. The lowest BCUT2D eigenvalue weighted by Gasteiger charge is -2.08. The smallest absolute Gasteiger partial charge is 0.319 e. The van der Waals surface area contributed by atoms with Crippen molar-refractivity contribution in [3.63, 3.8) is 0 Å². The topological polar surface area (TPSA) is 93.8 Å². The molecule has 24 heavy (non-hydrogen) atoms. The molecule has 0 aliphatic rings. The van der Waals surface area contributed by atoms with Crippen LogP contribution in [0.4, 0.5) is 17.3 Å². The molecule has 0 amide bonds. The van der Waals surface area contributed by atoms with Gasteiger partial charge in [0.25, 0.3) is 0 Å². The zero-order valence-corrected chi connectivity index (χ0v) is 14.5. The standard InChI is InChI=1S/C15H10BrN5O2S/c16-10-6-7-12(17-8-10)20-14-13(21(22)23)15(19-9-18-14)24-11-4-2-1-3-5-11/h1-9H,(H,17,18,19,20). The van der Waals surface area contributed by atoms with E-state index in [2.05, 4.69) is 36.2 Å². The van der Waals surface area contributed by atoms with Gasteiger partial charge in [0.1, 0.15) is 12.1 Å². The summed E-state index contributed by atoms with van der Waals surface area (Å²) in [6.45, 7) is 0. The van der Waals surface area contributed by atoms with E-state index in [1.807, 2.05) is 30.3 Å². The van der Waals surface area contributed by atoms with Crippen LogP contribution in [0.1, 0.15) is 0 Å². The Hall–Kier alpha value is -2.52. The molecule has 3 rings (SSSR count). The van der Waals surface area contributed by atoms with Crippen molar-refractivity contribution >= 4 is 45.0 Å². The normalized spacial score (nSPS) is 10.4. The average molecular weight is 404 g/mol. The van der Waals surface area contributed by atoms with E-state index in [0.29, 0.717) is 5.82 Å². The molecule has 0 fully saturated rings. The number of hydrogen-bond donors (Lipinski definition) is 1. The lowest BCUT2D eigenvalue weighted by molar-refractivity contribution is -0.387. The van der Waals surface area contributed by atoms with Gasteiger partial charge in [-0.3, -0.25) is 10.1 Å². The fraction of sp³-hybridized carbons (Fsp3) is 0. The van der Waals surface area contributed by atoms with E-state index >= 15 is 0 Å². The molecule has 120 valence electrons. The third-order valence-electron chi connectivity index (χ3n) is 2.90. The van der Waals surface area contributed by atoms with E-state index in [1.54, 1.807) is 18.3 Å². The number of halogens is 1. The quantitative estimate of drug-likeness (QED) is 0.382. The average Bonchev–Trinajstić information content (AvgIpc) is 2.58. The number of nitro groups is 1. The van der Waals surface area contributed by atoms with Crippen molar-refractivity contribution in [1.82, 2.24) is 15.0 Å². The second-order valence-corrected chi connectivity index (χ2v) is 6.51. The van der Waals surface area contributed by atoms with E-state index in [1.165, 1.54) is 18.1 Å². The molecule has 2 heterocycles. The predicted octanol–water partition coefficient (Wildman–Crippen LogP) is 4.44. The summed E-state index contributed by atoms with van der Waals surface area (Å²) in [6.07, 6.45) is 2.88. The number of anilines is 2. The van der Waals surface area contributed by atoms with Gasteiger partial charge in [-0.25, -0.2) is 15.0 Å². The molecule has 0 spiro atoms. The number of hydrogen-bond acceptors (Lipinski definition) is 7. The highest BCUT2D eigenvalue weighted by Gasteiger charge is 2.24. The molecule has 0 saturated carbocycles. The Morgan fingerprint density at radius 3 is 2.54 bits per heavy atom. The van der Waals surface area contributed by atoms with Crippen LogP contribution in [0.2, 0.25) is 0 Å². The van der Waals surface area contributed by atoms with Gasteiger partial charge in [-0.15, -0.1) is 0 Å². The molecule has 9 heteroatoms. The van der Waals surface area contributed by atoms with E-state index < -0.39 is 4.92 Å². The molecule has 3 aromatic rings. The fourth-order valence-electron chi connectivity index (χ4n) is 1.86. The predicted molar refractivity (Wildman–Crippen MR) is 94.5 cm³/mol. The van der Waals surface area contributed by atoms with Crippen molar-refractivity contribution in [2.45, 2.75) is 9.92 Å². The first kappa shape index (κ1) is 16.3. The summed E-state index contributed by atoms with van der Waals surface area (Å²) in [5.41, 5.74) is -0.184. The monoisotopic (exact) mass is 403 g/mol. The lowest BCUT2D eigenvalue weighted by atomic mass is 10.4. The molecule has 0 saturated heterocycles. The van der Waals surface area contributed by atoms with Crippen molar-refractivity contribution in [3.8, 4) is 0 Å². The van der Waals surface area contributed by atoms with Gasteiger partial charge in [-0.2, -0.15) is 0 Å². The van der Waals surface area contributed by atoms with Crippen molar-refractivity contribution < 1.29 is 4.92 Å². The molecule has 0 atom stereocenters. The van der Waals surface area contributed by atoms with Gasteiger partial charge in [0.2, 0.25) is 5.82 Å². The van der Waals surface area contributed by atoms with Crippen LogP contribution in [0.3, 0.4) is 0 Å². The summed E-state index contributed by atoms with van der Waals surface area (Å²) < 4.78 is 0.811. The minimum atomic E-state index is -0.494. The van der Waals surface area contributed by atoms with Crippen LogP contribution in [0.25, 0.3) is 0 Å². The highest BCUT2D eigenvalue weighted by atomic mass is 79.9.